The van der Waals surface area contributed by atoms with E-state index in [2.05, 4.69) is 30.0 Å². The largest absolute Gasteiger partial charge is 0.326 e. The number of aryl methyl sites for hydroxylation is 1. The lowest BCUT2D eigenvalue weighted by Crippen LogP contribution is -2.37. The van der Waals surface area contributed by atoms with E-state index in [1.807, 2.05) is 0 Å². The van der Waals surface area contributed by atoms with E-state index < -0.39 is 0 Å². The van der Waals surface area contributed by atoms with Gasteiger partial charge in [-0.1, -0.05) is 23.8 Å². The molecule has 2 atom stereocenters. The summed E-state index contributed by atoms with van der Waals surface area (Å²) in [7, 11) is 0. The van der Waals surface area contributed by atoms with Crippen molar-refractivity contribution in [2.24, 2.45) is 5.73 Å². The third-order valence-corrected chi connectivity index (χ3v) is 3.84. The van der Waals surface area contributed by atoms with Gasteiger partial charge >= 0.3 is 0 Å². The molecule has 0 aromatic heterocycles. The highest BCUT2D eigenvalue weighted by Gasteiger charge is 2.36. The van der Waals surface area contributed by atoms with Gasteiger partial charge in [0.25, 0.3) is 0 Å². The number of benzene rings is 1. The quantitative estimate of drug-likeness (QED) is 0.693. The fourth-order valence-corrected chi connectivity index (χ4v) is 3.04. The highest BCUT2D eigenvalue weighted by Crippen LogP contribution is 2.37. The van der Waals surface area contributed by atoms with Gasteiger partial charge in [0.2, 0.25) is 0 Å². The van der Waals surface area contributed by atoms with Crippen LogP contribution in [0.1, 0.15) is 29.2 Å². The first-order valence-corrected chi connectivity index (χ1v) is 5.85. The third-order valence-electron chi connectivity index (χ3n) is 3.84. The van der Waals surface area contributed by atoms with Gasteiger partial charge in [-0.05, 0) is 30.9 Å². The van der Waals surface area contributed by atoms with Crippen LogP contribution in [0.2, 0.25) is 0 Å². The fourth-order valence-electron chi connectivity index (χ4n) is 3.04. The summed E-state index contributed by atoms with van der Waals surface area (Å²) in [5.41, 5.74) is 10.6. The minimum Gasteiger partial charge on any atom is -0.326 e. The summed E-state index contributed by atoms with van der Waals surface area (Å²) in [6.45, 7) is 4.54. The Bertz CT molecular complexity index is 386. The maximum absolute atomic E-state index is 6.21. The summed E-state index contributed by atoms with van der Waals surface area (Å²) in [4.78, 5) is 2.55. The van der Waals surface area contributed by atoms with Crippen LogP contribution in [-0.2, 0) is 6.42 Å². The van der Waals surface area contributed by atoms with E-state index >= 15 is 0 Å². The summed E-state index contributed by atoms with van der Waals surface area (Å²) in [5.74, 6) is 0. The van der Waals surface area contributed by atoms with Crippen molar-refractivity contribution in [2.45, 2.75) is 31.8 Å². The normalized spacial score (nSPS) is 30.0. The van der Waals surface area contributed by atoms with E-state index in [0.717, 1.165) is 6.42 Å². The van der Waals surface area contributed by atoms with E-state index in [4.69, 9.17) is 5.73 Å². The third kappa shape index (κ3) is 1.40. The molecule has 3 rings (SSSR count). The molecule has 0 radical (unpaired) electrons. The van der Waals surface area contributed by atoms with Crippen molar-refractivity contribution >= 4 is 0 Å². The number of fused-ring (bicyclic) bond motifs is 3. The number of nitrogens with two attached hydrogens (primary N) is 1. The molecule has 2 N–H and O–H groups in total. The van der Waals surface area contributed by atoms with Gasteiger partial charge in [-0.2, -0.15) is 0 Å². The van der Waals surface area contributed by atoms with Crippen molar-refractivity contribution < 1.29 is 0 Å². The smallest absolute Gasteiger partial charge is 0.0502 e. The van der Waals surface area contributed by atoms with Gasteiger partial charge in [0.05, 0.1) is 6.04 Å². The van der Waals surface area contributed by atoms with Crippen LogP contribution in [0.15, 0.2) is 18.2 Å². The molecule has 15 heavy (non-hydrogen) atoms. The topological polar surface area (TPSA) is 29.3 Å². The van der Waals surface area contributed by atoms with E-state index in [1.165, 1.54) is 36.2 Å². The zero-order valence-electron chi connectivity index (χ0n) is 9.24. The standard InChI is InChI=1S/C13H18N2/c1-9-2-3-10-4-6-15-7-5-12(14)13(15)11(10)8-9/h2-3,8,12-13H,4-7,14H2,1H3. The molecule has 0 bridgehead atoms. The van der Waals surface area contributed by atoms with Crippen molar-refractivity contribution in [3.63, 3.8) is 0 Å². The van der Waals surface area contributed by atoms with Gasteiger partial charge in [0.1, 0.15) is 0 Å². The molecular formula is C13H18N2. The Morgan fingerprint density at radius 1 is 1.33 bits per heavy atom. The predicted octanol–water partition coefficient (Wildman–Crippen LogP) is 1.63. The molecule has 0 saturated carbocycles. The molecule has 0 spiro atoms. The summed E-state index contributed by atoms with van der Waals surface area (Å²) in [5, 5.41) is 0. The molecule has 1 fully saturated rings. The van der Waals surface area contributed by atoms with Crippen LogP contribution in [0, 0.1) is 6.92 Å². The zero-order chi connectivity index (χ0) is 10.4. The van der Waals surface area contributed by atoms with Gasteiger partial charge in [-0.3, -0.25) is 4.90 Å². The Kier molecular flexibility index (Phi) is 2.08. The molecule has 2 heteroatoms. The molecule has 1 saturated heterocycles. The Balaban J connectivity index is 2.08. The first-order valence-electron chi connectivity index (χ1n) is 5.85. The Morgan fingerprint density at radius 3 is 3.07 bits per heavy atom. The van der Waals surface area contributed by atoms with Gasteiger partial charge < -0.3 is 5.73 Å². The fraction of sp³-hybridized carbons (Fsp3) is 0.538. The van der Waals surface area contributed by atoms with E-state index in [0.29, 0.717) is 12.1 Å². The second-order valence-electron chi connectivity index (χ2n) is 4.89. The van der Waals surface area contributed by atoms with Gasteiger partial charge in [-0.25, -0.2) is 0 Å². The highest BCUT2D eigenvalue weighted by atomic mass is 15.2. The molecular weight excluding hydrogens is 184 g/mol. The summed E-state index contributed by atoms with van der Waals surface area (Å²) in [6, 6.07) is 7.67. The van der Waals surface area contributed by atoms with Gasteiger partial charge in [0, 0.05) is 19.1 Å². The van der Waals surface area contributed by atoms with Crippen LogP contribution in [-0.4, -0.2) is 24.0 Å². The van der Waals surface area contributed by atoms with Crippen molar-refractivity contribution in [1.82, 2.24) is 4.90 Å². The molecule has 0 amide bonds. The monoisotopic (exact) mass is 202 g/mol. The van der Waals surface area contributed by atoms with E-state index in [-0.39, 0.29) is 0 Å². The molecule has 2 heterocycles. The van der Waals surface area contributed by atoms with Crippen molar-refractivity contribution in [1.29, 1.82) is 0 Å². The lowest BCUT2D eigenvalue weighted by Gasteiger charge is -2.33. The van der Waals surface area contributed by atoms with Crippen LogP contribution in [0.25, 0.3) is 0 Å². The number of rotatable bonds is 0. The Morgan fingerprint density at radius 2 is 2.20 bits per heavy atom. The lowest BCUT2D eigenvalue weighted by atomic mass is 9.89. The molecule has 80 valence electrons. The maximum atomic E-state index is 6.21. The predicted molar refractivity (Wildman–Crippen MR) is 61.8 cm³/mol. The Hall–Kier alpha value is -0.860. The second kappa shape index (κ2) is 3.32. The molecule has 2 unspecified atom stereocenters. The van der Waals surface area contributed by atoms with Crippen LogP contribution in [0.4, 0.5) is 0 Å². The zero-order valence-corrected chi connectivity index (χ0v) is 9.24. The number of hydrogen-bond acceptors (Lipinski definition) is 2. The molecule has 2 nitrogen and oxygen atoms in total. The number of nitrogens with zero attached hydrogens (tertiary/aromatic N) is 1. The van der Waals surface area contributed by atoms with Crippen LogP contribution < -0.4 is 5.73 Å². The highest BCUT2D eigenvalue weighted by molar-refractivity contribution is 5.37. The van der Waals surface area contributed by atoms with Crippen LogP contribution >= 0.6 is 0 Å². The van der Waals surface area contributed by atoms with Crippen LogP contribution in [0.5, 0.6) is 0 Å². The summed E-state index contributed by atoms with van der Waals surface area (Å²) in [6.07, 6.45) is 2.34. The minimum atomic E-state index is 0.339. The second-order valence-corrected chi connectivity index (χ2v) is 4.89. The summed E-state index contributed by atoms with van der Waals surface area (Å²) >= 11 is 0. The van der Waals surface area contributed by atoms with E-state index in [9.17, 15) is 0 Å². The average Bonchev–Trinajstić information content (AvgIpc) is 2.60. The first-order chi connectivity index (χ1) is 7.25. The molecule has 1 aromatic rings. The Labute approximate surface area is 91.1 Å². The molecule has 1 aromatic carbocycles. The minimum absolute atomic E-state index is 0.339. The molecule has 0 aliphatic carbocycles. The molecule has 2 aliphatic rings. The van der Waals surface area contributed by atoms with Crippen LogP contribution in [0.3, 0.4) is 0 Å². The SMILES string of the molecule is Cc1ccc2c(c1)C1C(N)CCN1CC2. The number of hydrogen-bond donors (Lipinski definition) is 1. The molecule has 2 aliphatic heterocycles. The van der Waals surface area contributed by atoms with E-state index in [1.54, 1.807) is 0 Å². The van der Waals surface area contributed by atoms with Gasteiger partial charge in [0.15, 0.2) is 0 Å². The average molecular weight is 202 g/mol. The maximum Gasteiger partial charge on any atom is 0.0502 e. The first kappa shape index (κ1) is 9.37. The van der Waals surface area contributed by atoms with Crippen molar-refractivity contribution in [2.75, 3.05) is 13.1 Å². The van der Waals surface area contributed by atoms with Crippen molar-refractivity contribution in [3.8, 4) is 0 Å². The lowest BCUT2D eigenvalue weighted by molar-refractivity contribution is 0.234. The summed E-state index contributed by atoms with van der Waals surface area (Å²) < 4.78 is 0. The van der Waals surface area contributed by atoms with Gasteiger partial charge in [-0.15, -0.1) is 0 Å². The van der Waals surface area contributed by atoms with Crippen molar-refractivity contribution in [3.05, 3.63) is 34.9 Å².